The third-order valence-corrected chi connectivity index (χ3v) is 3.90. The van der Waals surface area contributed by atoms with E-state index in [-0.39, 0.29) is 30.8 Å². The highest BCUT2D eigenvalue weighted by Gasteiger charge is 2.44. The minimum absolute atomic E-state index is 0.0744. The number of nitrogens with zero attached hydrogens (tertiary/aromatic N) is 1. The zero-order valence-corrected chi connectivity index (χ0v) is 11.6. The molecule has 0 aromatic carbocycles. The summed E-state index contributed by atoms with van der Waals surface area (Å²) in [6.07, 6.45) is 0.295. The molecule has 0 spiro atoms. The fourth-order valence-corrected chi connectivity index (χ4v) is 2.83. The Kier molecular flexibility index (Phi) is 4.95. The van der Waals surface area contributed by atoms with Crippen LogP contribution in [0, 0.1) is 5.92 Å². The third kappa shape index (κ3) is 3.11. The molecule has 4 atom stereocenters. The van der Waals surface area contributed by atoms with E-state index in [4.69, 9.17) is 9.84 Å². The van der Waals surface area contributed by atoms with E-state index >= 15 is 0 Å². The maximum atomic E-state index is 12.5. The second-order valence-corrected chi connectivity index (χ2v) is 5.44. The van der Waals surface area contributed by atoms with Crippen molar-refractivity contribution in [3.8, 4) is 0 Å². The highest BCUT2D eigenvalue weighted by molar-refractivity contribution is 5.86. The number of rotatable bonds is 5. The summed E-state index contributed by atoms with van der Waals surface area (Å²) in [6, 6.07) is -1.00. The first kappa shape index (κ1) is 15.2. The zero-order chi connectivity index (χ0) is 14.7. The Morgan fingerprint density at radius 2 is 2.15 bits per heavy atom. The van der Waals surface area contributed by atoms with Crippen molar-refractivity contribution in [2.75, 3.05) is 26.3 Å². The summed E-state index contributed by atoms with van der Waals surface area (Å²) in [6.45, 7) is 3.69. The first-order chi connectivity index (χ1) is 9.54. The lowest BCUT2D eigenvalue weighted by Crippen LogP contribution is -2.49. The number of carboxylic acid groups (broad SMARTS) is 1. The summed E-state index contributed by atoms with van der Waals surface area (Å²) in [7, 11) is 0. The van der Waals surface area contributed by atoms with Crippen LogP contribution in [0.15, 0.2) is 0 Å². The quantitative estimate of drug-likeness (QED) is 0.602. The fraction of sp³-hybridized carbons (Fsp3) is 0.846. The number of β-amino-alcohol motifs (C(OH)–C–C–N with tert-alkyl or cyclic N) is 1. The molecule has 0 radical (unpaired) electrons. The van der Waals surface area contributed by atoms with Gasteiger partial charge in [-0.05, 0) is 13.0 Å². The molecule has 0 aromatic heterocycles. The number of aliphatic hydroxyl groups is 1. The van der Waals surface area contributed by atoms with Crippen LogP contribution < -0.4 is 5.32 Å². The van der Waals surface area contributed by atoms with Crippen LogP contribution in [0.4, 0.5) is 0 Å². The van der Waals surface area contributed by atoms with E-state index in [0.717, 1.165) is 13.0 Å². The maximum Gasteiger partial charge on any atom is 0.326 e. The Balaban J connectivity index is 2.03. The van der Waals surface area contributed by atoms with Crippen LogP contribution in [0.2, 0.25) is 0 Å². The lowest BCUT2D eigenvalue weighted by molar-refractivity contribution is -0.150. The van der Waals surface area contributed by atoms with Crippen LogP contribution in [-0.4, -0.2) is 71.5 Å². The average molecular weight is 286 g/mol. The highest BCUT2D eigenvalue weighted by Crippen LogP contribution is 2.24. The molecule has 7 heteroatoms. The number of carbonyl (C=O) groups is 2. The molecule has 0 saturated carbocycles. The molecular formula is C13H22N2O5. The highest BCUT2D eigenvalue weighted by atomic mass is 16.5. The molecule has 0 aliphatic carbocycles. The molecule has 0 bridgehead atoms. The molecule has 20 heavy (non-hydrogen) atoms. The summed E-state index contributed by atoms with van der Waals surface area (Å²) >= 11 is 0. The molecule has 2 saturated heterocycles. The summed E-state index contributed by atoms with van der Waals surface area (Å²) in [4.78, 5) is 25.0. The predicted octanol–water partition coefficient (Wildman–Crippen LogP) is -0.953. The van der Waals surface area contributed by atoms with Gasteiger partial charge in [0.05, 0.1) is 25.2 Å². The number of hydrogen-bond donors (Lipinski definition) is 3. The molecule has 114 valence electrons. The van der Waals surface area contributed by atoms with Gasteiger partial charge in [0.15, 0.2) is 0 Å². The van der Waals surface area contributed by atoms with Crippen LogP contribution in [-0.2, 0) is 14.3 Å². The number of hydrogen-bond acceptors (Lipinski definition) is 5. The van der Waals surface area contributed by atoms with E-state index in [9.17, 15) is 14.7 Å². The average Bonchev–Trinajstić information content (AvgIpc) is 3.01. The van der Waals surface area contributed by atoms with Crippen molar-refractivity contribution in [1.82, 2.24) is 10.2 Å². The van der Waals surface area contributed by atoms with E-state index in [2.05, 4.69) is 5.32 Å². The Morgan fingerprint density at radius 3 is 2.80 bits per heavy atom. The number of carbonyl (C=O) groups excluding carboxylic acids is 1. The Bertz CT molecular complexity index is 376. The molecule has 2 heterocycles. The van der Waals surface area contributed by atoms with Gasteiger partial charge in [0.1, 0.15) is 6.04 Å². The number of aliphatic carboxylic acids is 1. The normalized spacial score (nSPS) is 33.6. The van der Waals surface area contributed by atoms with Crippen molar-refractivity contribution < 1.29 is 24.5 Å². The van der Waals surface area contributed by atoms with Crippen LogP contribution in [0.25, 0.3) is 0 Å². The molecule has 0 aromatic rings. The standard InChI is InChI=1S/C13H22N2O5/c1-2-3-14-10-7-20-6-9(10)12(17)15-5-8(16)4-11(15)13(18)19/h8-11,14,16H,2-7H2,1H3,(H,18,19)/t8-,9?,10?,11+/m1/s1. The second kappa shape index (κ2) is 6.51. The minimum Gasteiger partial charge on any atom is -0.480 e. The van der Waals surface area contributed by atoms with Gasteiger partial charge in [-0.25, -0.2) is 4.79 Å². The van der Waals surface area contributed by atoms with Crippen molar-refractivity contribution in [3.05, 3.63) is 0 Å². The van der Waals surface area contributed by atoms with Crippen LogP contribution in [0.3, 0.4) is 0 Å². The predicted molar refractivity (Wildman–Crippen MR) is 70.2 cm³/mol. The first-order valence-electron chi connectivity index (χ1n) is 7.07. The molecule has 2 fully saturated rings. The summed E-state index contributed by atoms with van der Waals surface area (Å²) in [5.74, 6) is -1.67. The molecule has 2 rings (SSSR count). The van der Waals surface area contributed by atoms with Gasteiger partial charge in [0.2, 0.25) is 5.91 Å². The summed E-state index contributed by atoms with van der Waals surface area (Å²) in [5, 5.41) is 22.0. The Morgan fingerprint density at radius 1 is 1.40 bits per heavy atom. The smallest absolute Gasteiger partial charge is 0.326 e. The number of ether oxygens (including phenoxy) is 1. The second-order valence-electron chi connectivity index (χ2n) is 5.44. The topological polar surface area (TPSA) is 99.1 Å². The molecule has 2 unspecified atom stereocenters. The number of aliphatic hydroxyl groups excluding tert-OH is 1. The number of nitrogens with one attached hydrogen (secondary N) is 1. The van der Waals surface area contributed by atoms with Gasteiger partial charge in [0, 0.05) is 19.0 Å². The van der Waals surface area contributed by atoms with Crippen LogP contribution in [0.1, 0.15) is 19.8 Å². The van der Waals surface area contributed by atoms with Gasteiger partial charge in [-0.1, -0.05) is 6.92 Å². The fourth-order valence-electron chi connectivity index (χ4n) is 2.83. The largest absolute Gasteiger partial charge is 0.480 e. The van der Waals surface area contributed by atoms with Gasteiger partial charge in [-0.3, -0.25) is 4.79 Å². The van der Waals surface area contributed by atoms with Crippen LogP contribution in [0.5, 0.6) is 0 Å². The molecule has 3 N–H and O–H groups in total. The van der Waals surface area contributed by atoms with Crippen molar-refractivity contribution in [2.24, 2.45) is 5.92 Å². The number of amides is 1. The number of carboxylic acids is 1. The summed E-state index contributed by atoms with van der Waals surface area (Å²) in [5.41, 5.74) is 0. The SMILES string of the molecule is CCCNC1COCC1C(=O)N1C[C@H](O)C[C@H]1C(=O)O. The molecule has 1 amide bonds. The monoisotopic (exact) mass is 286 g/mol. The van der Waals surface area contributed by atoms with Crippen molar-refractivity contribution >= 4 is 11.9 Å². The molecule has 2 aliphatic rings. The van der Waals surface area contributed by atoms with Gasteiger partial charge in [0.25, 0.3) is 0 Å². The lowest BCUT2D eigenvalue weighted by atomic mass is 10.0. The van der Waals surface area contributed by atoms with Crippen molar-refractivity contribution in [2.45, 2.75) is 38.0 Å². The molecular weight excluding hydrogens is 264 g/mol. The van der Waals surface area contributed by atoms with Gasteiger partial charge < -0.3 is 25.2 Å². The van der Waals surface area contributed by atoms with E-state index in [1.54, 1.807) is 0 Å². The number of likely N-dealkylation sites (tertiary alicyclic amines) is 1. The molecule has 2 aliphatic heterocycles. The molecule has 7 nitrogen and oxygen atoms in total. The Labute approximate surface area is 117 Å². The maximum absolute atomic E-state index is 12.5. The van der Waals surface area contributed by atoms with Gasteiger partial charge in [-0.2, -0.15) is 0 Å². The van der Waals surface area contributed by atoms with Crippen molar-refractivity contribution in [3.63, 3.8) is 0 Å². The first-order valence-corrected chi connectivity index (χ1v) is 7.07. The van der Waals surface area contributed by atoms with E-state index in [0.29, 0.717) is 13.2 Å². The van der Waals surface area contributed by atoms with E-state index in [1.165, 1.54) is 4.90 Å². The van der Waals surface area contributed by atoms with Gasteiger partial charge in [-0.15, -0.1) is 0 Å². The van der Waals surface area contributed by atoms with E-state index < -0.39 is 18.1 Å². The van der Waals surface area contributed by atoms with E-state index in [1.807, 2.05) is 6.92 Å². The zero-order valence-electron chi connectivity index (χ0n) is 11.6. The Hall–Kier alpha value is -1.18. The third-order valence-electron chi connectivity index (χ3n) is 3.90. The van der Waals surface area contributed by atoms with Crippen molar-refractivity contribution in [1.29, 1.82) is 0 Å². The lowest BCUT2D eigenvalue weighted by Gasteiger charge is -2.27. The summed E-state index contributed by atoms with van der Waals surface area (Å²) < 4.78 is 5.35. The van der Waals surface area contributed by atoms with Gasteiger partial charge >= 0.3 is 5.97 Å². The minimum atomic E-state index is -1.06. The van der Waals surface area contributed by atoms with Crippen LogP contribution >= 0.6 is 0 Å².